The topological polar surface area (TPSA) is 40.6 Å². The molecule has 1 aromatic carbocycles. The van der Waals surface area contributed by atoms with Crippen LogP contribution in [0.3, 0.4) is 0 Å². The number of rotatable bonds is 5. The molecule has 0 amide bonds. The molecule has 2 saturated heterocycles. The number of benzene rings is 1. The summed E-state index contributed by atoms with van der Waals surface area (Å²) in [6, 6.07) is 2.88. The Morgan fingerprint density at radius 3 is 2.40 bits per heavy atom. The van der Waals surface area contributed by atoms with Gasteiger partial charge in [-0.3, -0.25) is 0 Å². The highest BCUT2D eigenvalue weighted by Gasteiger charge is 2.33. The van der Waals surface area contributed by atoms with Crippen molar-refractivity contribution in [2.24, 2.45) is 0 Å². The summed E-state index contributed by atoms with van der Waals surface area (Å²) in [6.45, 7) is 3.25. The molecule has 0 saturated carbocycles. The molecule has 0 aromatic heterocycles. The Hall–Kier alpha value is -0.700. The van der Waals surface area contributed by atoms with Crippen molar-refractivity contribution >= 4 is 21.8 Å². The maximum Gasteiger partial charge on any atom is 0.218 e. The summed E-state index contributed by atoms with van der Waals surface area (Å²) in [4.78, 5) is 2.32. The van der Waals surface area contributed by atoms with Gasteiger partial charge in [0.2, 0.25) is 10.0 Å². The van der Waals surface area contributed by atoms with Gasteiger partial charge in [-0.15, -0.1) is 0 Å². The van der Waals surface area contributed by atoms with Gasteiger partial charge in [0.05, 0.1) is 5.75 Å². The van der Waals surface area contributed by atoms with Gasteiger partial charge in [0.1, 0.15) is 11.6 Å². The lowest BCUT2D eigenvalue weighted by Crippen LogP contribution is -2.47. The van der Waals surface area contributed by atoms with E-state index in [1.807, 2.05) is 0 Å². The summed E-state index contributed by atoms with van der Waals surface area (Å²) in [6.07, 6.45) is 3.13. The number of hydrogen-bond donors (Lipinski definition) is 0. The Labute approximate surface area is 152 Å². The van der Waals surface area contributed by atoms with Crippen molar-refractivity contribution in [3.63, 3.8) is 0 Å². The fourth-order valence-electron chi connectivity index (χ4n) is 3.57. The van der Waals surface area contributed by atoms with Crippen LogP contribution in [0.1, 0.15) is 24.8 Å². The molecule has 4 nitrogen and oxygen atoms in total. The van der Waals surface area contributed by atoms with E-state index in [-0.39, 0.29) is 17.4 Å². The van der Waals surface area contributed by atoms with Gasteiger partial charge in [0.15, 0.2) is 0 Å². The highest BCUT2D eigenvalue weighted by molar-refractivity contribution is 7.99. The second-order valence-electron chi connectivity index (χ2n) is 6.73. The Morgan fingerprint density at radius 1 is 1.04 bits per heavy atom. The average molecular weight is 391 g/mol. The van der Waals surface area contributed by atoms with Crippen LogP contribution in [0, 0.1) is 11.6 Å². The molecular weight excluding hydrogens is 366 g/mol. The van der Waals surface area contributed by atoms with Gasteiger partial charge in [0.25, 0.3) is 0 Å². The van der Waals surface area contributed by atoms with Gasteiger partial charge >= 0.3 is 0 Å². The zero-order chi connectivity index (χ0) is 17.9. The van der Waals surface area contributed by atoms with Crippen LogP contribution in [0.2, 0.25) is 0 Å². The molecule has 0 aliphatic carbocycles. The van der Waals surface area contributed by atoms with Gasteiger partial charge in [-0.25, -0.2) is 17.2 Å². The van der Waals surface area contributed by atoms with E-state index in [9.17, 15) is 17.2 Å². The Kier molecular flexibility index (Phi) is 6.35. The standard InChI is InChI=1S/C17H24F2N2O2S2/c18-15-8-14(9-16(19)10-15)13-25(22,23)21-6-3-7-24-12-17(21)11-20-4-1-2-5-20/h8-10,17H,1-7,11-13H2. The van der Waals surface area contributed by atoms with Crippen LogP contribution in [0.5, 0.6) is 0 Å². The highest BCUT2D eigenvalue weighted by Crippen LogP contribution is 2.24. The summed E-state index contributed by atoms with van der Waals surface area (Å²) in [5.41, 5.74) is 0.161. The predicted molar refractivity (Wildman–Crippen MR) is 97.1 cm³/mol. The minimum absolute atomic E-state index is 0.0750. The molecule has 140 valence electrons. The third kappa shape index (κ3) is 5.15. The monoisotopic (exact) mass is 390 g/mol. The van der Waals surface area contributed by atoms with Gasteiger partial charge < -0.3 is 4.90 Å². The SMILES string of the molecule is O=S(=O)(Cc1cc(F)cc(F)c1)N1CCCSCC1CN1CCCC1. The number of hydrogen-bond acceptors (Lipinski definition) is 4. The molecule has 1 atom stereocenters. The van der Waals surface area contributed by atoms with Crippen molar-refractivity contribution in [2.45, 2.75) is 31.1 Å². The lowest BCUT2D eigenvalue weighted by Gasteiger charge is -2.31. The van der Waals surface area contributed by atoms with Crippen LogP contribution in [-0.4, -0.2) is 61.3 Å². The first-order valence-corrected chi connectivity index (χ1v) is 11.4. The Morgan fingerprint density at radius 2 is 1.72 bits per heavy atom. The molecule has 25 heavy (non-hydrogen) atoms. The molecule has 0 radical (unpaired) electrons. The van der Waals surface area contributed by atoms with Crippen molar-refractivity contribution in [1.29, 1.82) is 0 Å². The summed E-state index contributed by atoms with van der Waals surface area (Å²) in [7, 11) is -3.62. The first-order chi connectivity index (χ1) is 11.9. The fourth-order valence-corrected chi connectivity index (χ4v) is 6.48. The van der Waals surface area contributed by atoms with Gasteiger partial charge in [-0.2, -0.15) is 16.1 Å². The first-order valence-electron chi connectivity index (χ1n) is 8.69. The molecule has 0 N–H and O–H groups in total. The fraction of sp³-hybridized carbons (Fsp3) is 0.647. The van der Waals surface area contributed by atoms with Crippen LogP contribution in [0.25, 0.3) is 0 Å². The minimum atomic E-state index is -3.62. The molecule has 2 fully saturated rings. The molecule has 8 heteroatoms. The lowest BCUT2D eigenvalue weighted by molar-refractivity contribution is 0.243. The van der Waals surface area contributed by atoms with E-state index in [0.29, 0.717) is 6.54 Å². The summed E-state index contributed by atoms with van der Waals surface area (Å²) < 4.78 is 54.3. The lowest BCUT2D eigenvalue weighted by atomic mass is 10.2. The van der Waals surface area contributed by atoms with Crippen molar-refractivity contribution < 1.29 is 17.2 Å². The van der Waals surface area contributed by atoms with Crippen molar-refractivity contribution in [3.05, 3.63) is 35.4 Å². The van der Waals surface area contributed by atoms with E-state index < -0.39 is 21.7 Å². The van der Waals surface area contributed by atoms with E-state index in [1.54, 1.807) is 16.1 Å². The van der Waals surface area contributed by atoms with E-state index >= 15 is 0 Å². The first kappa shape index (κ1) is 19.1. The van der Waals surface area contributed by atoms with Crippen LogP contribution in [0.15, 0.2) is 18.2 Å². The van der Waals surface area contributed by atoms with Gasteiger partial charge in [0, 0.05) is 31.0 Å². The average Bonchev–Trinajstić information content (AvgIpc) is 2.89. The second kappa shape index (κ2) is 8.33. The number of sulfonamides is 1. The molecule has 0 bridgehead atoms. The second-order valence-corrected chi connectivity index (χ2v) is 9.81. The zero-order valence-corrected chi connectivity index (χ0v) is 15.8. The molecule has 1 aromatic rings. The summed E-state index contributed by atoms with van der Waals surface area (Å²) >= 11 is 1.79. The number of nitrogens with zero attached hydrogens (tertiary/aromatic N) is 2. The Bertz CT molecular complexity index is 674. The molecule has 2 aliphatic rings. The minimum Gasteiger partial charge on any atom is -0.302 e. The third-order valence-electron chi connectivity index (χ3n) is 4.68. The molecule has 2 aliphatic heterocycles. The van der Waals surface area contributed by atoms with E-state index in [4.69, 9.17) is 0 Å². The third-order valence-corrected chi connectivity index (χ3v) is 7.77. The van der Waals surface area contributed by atoms with Crippen molar-refractivity contribution in [3.8, 4) is 0 Å². The van der Waals surface area contributed by atoms with Crippen LogP contribution >= 0.6 is 11.8 Å². The Balaban J connectivity index is 1.78. The normalized spacial score (nSPS) is 23.7. The maximum atomic E-state index is 13.4. The number of halogens is 2. The predicted octanol–water partition coefficient (Wildman–Crippen LogP) is 2.70. The van der Waals surface area contributed by atoms with Crippen LogP contribution in [-0.2, 0) is 15.8 Å². The molecule has 2 heterocycles. The number of likely N-dealkylation sites (tertiary alicyclic amines) is 1. The molecule has 1 unspecified atom stereocenters. The maximum absolute atomic E-state index is 13.4. The smallest absolute Gasteiger partial charge is 0.218 e. The summed E-state index contributed by atoms with van der Waals surface area (Å²) in [5, 5.41) is 0. The molecule has 0 spiro atoms. The number of thioether (sulfide) groups is 1. The highest BCUT2D eigenvalue weighted by atomic mass is 32.2. The quantitative estimate of drug-likeness (QED) is 0.775. The van der Waals surface area contributed by atoms with Crippen molar-refractivity contribution in [1.82, 2.24) is 9.21 Å². The summed E-state index contributed by atoms with van der Waals surface area (Å²) in [5.74, 6) is -0.136. The van der Waals surface area contributed by atoms with Crippen LogP contribution < -0.4 is 0 Å². The molecule has 3 rings (SSSR count). The van der Waals surface area contributed by atoms with Gasteiger partial charge in [-0.1, -0.05) is 0 Å². The van der Waals surface area contributed by atoms with Crippen LogP contribution in [0.4, 0.5) is 8.78 Å². The van der Waals surface area contributed by atoms with E-state index in [1.165, 1.54) is 0 Å². The van der Waals surface area contributed by atoms with Crippen molar-refractivity contribution in [2.75, 3.05) is 37.7 Å². The molecular formula is C17H24F2N2O2S2. The zero-order valence-electron chi connectivity index (χ0n) is 14.2. The largest absolute Gasteiger partial charge is 0.302 e. The van der Waals surface area contributed by atoms with E-state index in [2.05, 4.69) is 4.90 Å². The van der Waals surface area contributed by atoms with Gasteiger partial charge in [-0.05, 0) is 55.8 Å². The van der Waals surface area contributed by atoms with E-state index in [0.717, 1.165) is 68.6 Å².